The monoisotopic (exact) mass is 391 g/mol. The van der Waals surface area contributed by atoms with E-state index in [1.807, 2.05) is 31.2 Å². The second-order valence-electron chi connectivity index (χ2n) is 5.72. The van der Waals surface area contributed by atoms with E-state index in [0.717, 1.165) is 11.1 Å². The second-order valence-corrected chi connectivity index (χ2v) is 6.50. The Balaban J connectivity index is 2.12. The fraction of sp³-hybridized carbons (Fsp3) is 0.158. The summed E-state index contributed by atoms with van der Waals surface area (Å²) in [6.07, 6.45) is 0.378. The molecular weight excluding hydrogens is 377 g/mol. The number of carbonyl (C=O) groups is 1. The Bertz CT molecular complexity index is 1060. The zero-order valence-corrected chi connectivity index (χ0v) is 15.3. The number of ether oxygens (including phenoxy) is 1. The molecule has 0 radical (unpaired) electrons. The van der Waals surface area contributed by atoms with E-state index < -0.39 is 11.6 Å². The summed E-state index contributed by atoms with van der Waals surface area (Å²) in [5.41, 5.74) is 1.93. The minimum Gasteiger partial charge on any atom is -0.449 e. The van der Waals surface area contributed by atoms with E-state index in [1.165, 1.54) is 6.20 Å². The summed E-state index contributed by atoms with van der Waals surface area (Å²) < 4.78 is 6.40. The van der Waals surface area contributed by atoms with Crippen molar-refractivity contribution in [2.45, 2.75) is 19.9 Å². The zero-order chi connectivity index (χ0) is 18.8. The molecule has 3 aromatic rings. The van der Waals surface area contributed by atoms with Crippen LogP contribution >= 0.6 is 23.2 Å². The van der Waals surface area contributed by atoms with Crippen molar-refractivity contribution in [1.82, 2.24) is 4.57 Å². The van der Waals surface area contributed by atoms with E-state index in [-0.39, 0.29) is 5.75 Å². The van der Waals surface area contributed by atoms with Crippen LogP contribution < -0.4 is 10.2 Å². The van der Waals surface area contributed by atoms with Crippen molar-refractivity contribution in [1.29, 1.82) is 0 Å². The smallest absolute Gasteiger partial charge is 0.449 e. The number of carboxylic acid groups (broad SMARTS) is 1. The highest BCUT2D eigenvalue weighted by Gasteiger charge is 2.14. The molecule has 1 heterocycles. The Morgan fingerprint density at radius 1 is 1.23 bits per heavy atom. The molecule has 0 fully saturated rings. The Morgan fingerprint density at radius 3 is 2.69 bits per heavy atom. The van der Waals surface area contributed by atoms with E-state index in [1.54, 1.807) is 16.7 Å². The fourth-order valence-corrected chi connectivity index (χ4v) is 3.25. The molecule has 1 aromatic heterocycles. The highest BCUT2D eigenvalue weighted by molar-refractivity contribution is 6.42. The van der Waals surface area contributed by atoms with Crippen molar-refractivity contribution >= 4 is 40.3 Å². The number of pyridine rings is 1. The maximum absolute atomic E-state index is 12.6. The average Bonchev–Trinajstić information content (AvgIpc) is 2.61. The normalized spacial score (nSPS) is 10.9. The van der Waals surface area contributed by atoms with Crippen molar-refractivity contribution < 1.29 is 14.6 Å². The molecule has 0 saturated carbocycles. The lowest BCUT2D eigenvalue weighted by Gasteiger charge is -2.12. The number of rotatable bonds is 4. The lowest BCUT2D eigenvalue weighted by atomic mass is 10.0. The van der Waals surface area contributed by atoms with Gasteiger partial charge in [0.25, 0.3) is 0 Å². The van der Waals surface area contributed by atoms with Gasteiger partial charge in [-0.15, -0.1) is 0 Å². The van der Waals surface area contributed by atoms with Gasteiger partial charge in [-0.1, -0.05) is 41.4 Å². The quantitative estimate of drug-likeness (QED) is 0.637. The number of hydrogen-bond donors (Lipinski definition) is 1. The lowest BCUT2D eigenvalue weighted by Crippen LogP contribution is -2.16. The van der Waals surface area contributed by atoms with Gasteiger partial charge in [-0.2, -0.15) is 0 Å². The largest absolute Gasteiger partial charge is 0.511 e. The molecule has 0 aliphatic heterocycles. The van der Waals surface area contributed by atoms with Gasteiger partial charge in [0.15, 0.2) is 5.75 Å². The van der Waals surface area contributed by atoms with Crippen LogP contribution in [0.2, 0.25) is 10.0 Å². The summed E-state index contributed by atoms with van der Waals surface area (Å²) in [6, 6.07) is 10.9. The molecule has 0 saturated heterocycles. The van der Waals surface area contributed by atoms with Gasteiger partial charge in [0, 0.05) is 11.9 Å². The summed E-state index contributed by atoms with van der Waals surface area (Å²) in [5.74, 6) is -0.218. The van der Waals surface area contributed by atoms with Crippen LogP contribution in [0.15, 0.2) is 47.4 Å². The van der Waals surface area contributed by atoms with Crippen LogP contribution in [0.25, 0.3) is 10.9 Å². The summed E-state index contributed by atoms with van der Waals surface area (Å²) >= 11 is 12.3. The third kappa shape index (κ3) is 3.54. The first-order valence-electron chi connectivity index (χ1n) is 7.90. The molecule has 0 bridgehead atoms. The van der Waals surface area contributed by atoms with Crippen molar-refractivity contribution in [3.8, 4) is 5.75 Å². The van der Waals surface area contributed by atoms with Gasteiger partial charge >= 0.3 is 6.16 Å². The highest BCUT2D eigenvalue weighted by Crippen LogP contribution is 2.28. The minimum atomic E-state index is -1.52. The molecule has 3 rings (SSSR count). The fourth-order valence-electron chi connectivity index (χ4n) is 2.86. The van der Waals surface area contributed by atoms with Crippen molar-refractivity contribution in [3.05, 3.63) is 74.0 Å². The number of nitrogens with zero attached hydrogens (tertiary/aromatic N) is 1. The van der Waals surface area contributed by atoms with Crippen LogP contribution in [0.3, 0.4) is 0 Å². The van der Waals surface area contributed by atoms with Crippen molar-refractivity contribution in [2.24, 2.45) is 0 Å². The molecule has 2 aromatic carbocycles. The first-order valence-corrected chi connectivity index (χ1v) is 8.66. The first-order chi connectivity index (χ1) is 12.4. The Kier molecular flexibility index (Phi) is 5.20. The van der Waals surface area contributed by atoms with Gasteiger partial charge in [-0.05, 0) is 42.7 Å². The van der Waals surface area contributed by atoms with Gasteiger partial charge in [-0.25, -0.2) is 4.79 Å². The van der Waals surface area contributed by atoms with Gasteiger partial charge in [0.2, 0.25) is 5.43 Å². The SMILES string of the molecule is CCn1cc(OC(=O)O)c(=O)c2cc(Cc3cccc(Cl)c3Cl)ccc21. The van der Waals surface area contributed by atoms with Gasteiger partial charge in [0.05, 0.1) is 21.8 Å². The third-order valence-electron chi connectivity index (χ3n) is 4.08. The predicted octanol–water partition coefficient (Wildman–Crippen LogP) is 4.98. The number of aromatic nitrogens is 1. The zero-order valence-electron chi connectivity index (χ0n) is 13.8. The van der Waals surface area contributed by atoms with Crippen LogP contribution in [0.5, 0.6) is 5.75 Å². The average molecular weight is 392 g/mol. The number of hydrogen-bond acceptors (Lipinski definition) is 3. The molecule has 1 N–H and O–H groups in total. The van der Waals surface area contributed by atoms with Gasteiger partial charge < -0.3 is 14.4 Å². The molecular formula is C19H15Cl2NO4. The first kappa shape index (κ1) is 18.3. The van der Waals surface area contributed by atoms with E-state index in [9.17, 15) is 9.59 Å². The van der Waals surface area contributed by atoms with E-state index >= 15 is 0 Å². The van der Waals surface area contributed by atoms with Crippen LogP contribution in [-0.2, 0) is 13.0 Å². The summed E-state index contributed by atoms with van der Waals surface area (Å²) in [4.78, 5) is 23.4. The molecule has 26 heavy (non-hydrogen) atoms. The van der Waals surface area contributed by atoms with Crippen molar-refractivity contribution in [2.75, 3.05) is 0 Å². The number of benzene rings is 2. The predicted molar refractivity (Wildman–Crippen MR) is 102 cm³/mol. The Hall–Kier alpha value is -2.50. The van der Waals surface area contributed by atoms with E-state index in [2.05, 4.69) is 4.74 Å². The molecule has 0 amide bonds. The van der Waals surface area contributed by atoms with Crippen LogP contribution in [0.1, 0.15) is 18.1 Å². The number of halogens is 2. The molecule has 5 nitrogen and oxygen atoms in total. The molecule has 0 atom stereocenters. The summed E-state index contributed by atoms with van der Waals surface area (Å²) in [7, 11) is 0. The van der Waals surface area contributed by atoms with Crippen molar-refractivity contribution in [3.63, 3.8) is 0 Å². The van der Waals surface area contributed by atoms with Crippen LogP contribution in [0, 0.1) is 0 Å². The third-order valence-corrected chi connectivity index (χ3v) is 4.93. The molecule has 7 heteroatoms. The molecule has 0 spiro atoms. The Morgan fingerprint density at radius 2 is 2.00 bits per heavy atom. The summed E-state index contributed by atoms with van der Waals surface area (Å²) in [5, 5.41) is 10.2. The van der Waals surface area contributed by atoms with Crippen LogP contribution in [0.4, 0.5) is 4.79 Å². The van der Waals surface area contributed by atoms with Gasteiger partial charge in [0.1, 0.15) is 0 Å². The van der Waals surface area contributed by atoms with Gasteiger partial charge in [-0.3, -0.25) is 4.79 Å². The number of aryl methyl sites for hydroxylation is 1. The van der Waals surface area contributed by atoms with E-state index in [4.69, 9.17) is 28.3 Å². The molecule has 0 aliphatic carbocycles. The van der Waals surface area contributed by atoms with E-state index in [0.29, 0.717) is 33.9 Å². The summed E-state index contributed by atoms with van der Waals surface area (Å²) in [6.45, 7) is 2.46. The second kappa shape index (κ2) is 7.40. The topological polar surface area (TPSA) is 68.5 Å². The highest BCUT2D eigenvalue weighted by atomic mass is 35.5. The molecule has 0 aliphatic rings. The molecule has 134 valence electrons. The minimum absolute atomic E-state index is 0.218. The molecule has 0 unspecified atom stereocenters. The maximum atomic E-state index is 12.6. The van der Waals surface area contributed by atoms with Crippen LogP contribution in [-0.4, -0.2) is 15.8 Å². The standard InChI is InChI=1S/C19H15Cl2NO4/c1-2-22-10-16(26-19(24)25)18(23)13-9-11(6-7-15(13)22)8-12-4-3-5-14(20)17(12)21/h3-7,9-10H,2,8H2,1H3,(H,24,25). The lowest BCUT2D eigenvalue weighted by molar-refractivity contribution is 0.144. The Labute approximate surface area is 159 Å². The number of fused-ring (bicyclic) bond motifs is 1. The maximum Gasteiger partial charge on any atom is 0.511 e.